The topological polar surface area (TPSA) is 80.6 Å². The van der Waals surface area contributed by atoms with E-state index in [1.54, 1.807) is 31.2 Å². The number of aromatic nitrogens is 1. The Labute approximate surface area is 186 Å². The molecular formula is C23H26ClN3O4. The van der Waals surface area contributed by atoms with Crippen LogP contribution in [0.25, 0.3) is 0 Å². The third-order valence-electron chi connectivity index (χ3n) is 6.27. The van der Waals surface area contributed by atoms with E-state index >= 15 is 0 Å². The Hall–Kier alpha value is -2.64. The molecule has 1 aromatic carbocycles. The minimum Gasteiger partial charge on any atom is -0.376 e. The number of rotatable bonds is 6. The lowest BCUT2D eigenvalue weighted by Gasteiger charge is -2.23. The first-order valence-electron chi connectivity index (χ1n) is 10.4. The molecule has 2 fully saturated rings. The van der Waals surface area contributed by atoms with Gasteiger partial charge in [0.1, 0.15) is 5.54 Å². The first-order chi connectivity index (χ1) is 14.7. The second-order valence-electron chi connectivity index (χ2n) is 8.38. The number of imide groups is 1. The Morgan fingerprint density at radius 1 is 1.29 bits per heavy atom. The molecular weight excluding hydrogens is 418 g/mol. The standard InChI is InChI=1S/C23H26ClN3O4/c1-14-11-17(15(2)26(14)12-16-7-6-10-31-16)20(28)13-27-21(29)23(3,25-22(27)30)18-8-4-5-9-19(18)24/h4-5,8-9,11,16H,6-7,10,12-13H2,1-3H3,(H,25,30). The first kappa shape index (κ1) is 21.6. The number of carbonyl (C=O) groups is 3. The van der Waals surface area contributed by atoms with E-state index in [0.717, 1.165) is 35.7 Å². The molecule has 7 nitrogen and oxygen atoms in total. The molecule has 2 aromatic rings. The highest BCUT2D eigenvalue weighted by Gasteiger charge is 2.50. The van der Waals surface area contributed by atoms with Crippen molar-refractivity contribution in [1.82, 2.24) is 14.8 Å². The molecule has 164 valence electrons. The van der Waals surface area contributed by atoms with E-state index in [-0.39, 0.29) is 18.4 Å². The lowest BCUT2D eigenvalue weighted by molar-refractivity contribution is -0.130. The Morgan fingerprint density at radius 3 is 2.71 bits per heavy atom. The van der Waals surface area contributed by atoms with Gasteiger partial charge in [0, 0.05) is 40.7 Å². The largest absolute Gasteiger partial charge is 0.376 e. The van der Waals surface area contributed by atoms with Gasteiger partial charge < -0.3 is 14.6 Å². The molecule has 1 aromatic heterocycles. The van der Waals surface area contributed by atoms with E-state index in [0.29, 0.717) is 22.7 Å². The molecule has 8 heteroatoms. The molecule has 2 atom stereocenters. The summed E-state index contributed by atoms with van der Waals surface area (Å²) in [4.78, 5) is 39.8. The fraction of sp³-hybridized carbons (Fsp3) is 0.435. The fourth-order valence-electron chi connectivity index (χ4n) is 4.47. The Kier molecular flexibility index (Phi) is 5.66. The van der Waals surface area contributed by atoms with Crippen LogP contribution in [0.2, 0.25) is 5.02 Å². The first-order valence-corrected chi connectivity index (χ1v) is 10.8. The highest BCUT2D eigenvalue weighted by Crippen LogP contribution is 2.33. The molecule has 0 saturated carbocycles. The number of ether oxygens (including phenoxy) is 1. The second kappa shape index (κ2) is 8.13. The number of amides is 3. The summed E-state index contributed by atoms with van der Waals surface area (Å²) in [6.45, 7) is 6.57. The number of ketones is 1. The number of benzene rings is 1. The van der Waals surface area contributed by atoms with Gasteiger partial charge in [0.05, 0.1) is 12.6 Å². The highest BCUT2D eigenvalue weighted by molar-refractivity contribution is 6.32. The van der Waals surface area contributed by atoms with Crippen molar-refractivity contribution >= 4 is 29.3 Å². The molecule has 0 bridgehead atoms. The summed E-state index contributed by atoms with van der Waals surface area (Å²) >= 11 is 6.27. The van der Waals surface area contributed by atoms with Gasteiger partial charge in [-0.1, -0.05) is 29.8 Å². The van der Waals surface area contributed by atoms with Crippen LogP contribution >= 0.6 is 11.6 Å². The van der Waals surface area contributed by atoms with Gasteiger partial charge in [-0.3, -0.25) is 14.5 Å². The van der Waals surface area contributed by atoms with E-state index in [2.05, 4.69) is 9.88 Å². The number of nitrogens with zero attached hydrogens (tertiary/aromatic N) is 2. The van der Waals surface area contributed by atoms with Gasteiger partial charge in [0.15, 0.2) is 5.78 Å². The summed E-state index contributed by atoms with van der Waals surface area (Å²) in [6, 6.07) is 8.09. The van der Waals surface area contributed by atoms with Gasteiger partial charge in [0.2, 0.25) is 0 Å². The van der Waals surface area contributed by atoms with E-state index in [9.17, 15) is 14.4 Å². The summed E-state index contributed by atoms with van der Waals surface area (Å²) in [5, 5.41) is 3.08. The summed E-state index contributed by atoms with van der Waals surface area (Å²) in [6.07, 6.45) is 2.20. The quantitative estimate of drug-likeness (QED) is 0.546. The number of halogens is 1. The molecule has 1 N–H and O–H groups in total. The Morgan fingerprint density at radius 2 is 2.03 bits per heavy atom. The van der Waals surface area contributed by atoms with E-state index in [1.807, 2.05) is 19.9 Å². The highest BCUT2D eigenvalue weighted by atomic mass is 35.5. The van der Waals surface area contributed by atoms with Gasteiger partial charge in [0.25, 0.3) is 5.91 Å². The van der Waals surface area contributed by atoms with Crippen molar-refractivity contribution in [2.45, 2.75) is 51.8 Å². The van der Waals surface area contributed by atoms with Gasteiger partial charge >= 0.3 is 6.03 Å². The molecule has 3 heterocycles. The minimum absolute atomic E-state index is 0.148. The van der Waals surface area contributed by atoms with Crippen molar-refractivity contribution in [2.24, 2.45) is 0 Å². The minimum atomic E-state index is -1.31. The molecule has 0 spiro atoms. The van der Waals surface area contributed by atoms with Crippen LogP contribution in [0.4, 0.5) is 4.79 Å². The Bertz CT molecular complexity index is 1060. The maximum absolute atomic E-state index is 13.2. The number of carbonyl (C=O) groups excluding carboxylic acids is 3. The predicted octanol–water partition coefficient (Wildman–Crippen LogP) is 3.59. The fourth-order valence-corrected chi connectivity index (χ4v) is 4.80. The van der Waals surface area contributed by atoms with Gasteiger partial charge in [-0.05, 0) is 45.7 Å². The zero-order chi connectivity index (χ0) is 22.3. The van der Waals surface area contributed by atoms with Crippen LogP contribution in [-0.2, 0) is 21.6 Å². The molecule has 0 radical (unpaired) electrons. The van der Waals surface area contributed by atoms with Gasteiger partial charge in [-0.2, -0.15) is 0 Å². The number of Topliss-reactive ketones (excluding diaryl/α,β-unsaturated/α-hetero) is 1. The SMILES string of the molecule is Cc1cc(C(=O)CN2C(=O)NC(C)(c3ccccc3Cl)C2=O)c(C)n1CC1CCCO1. The van der Waals surface area contributed by atoms with Gasteiger partial charge in [-0.15, -0.1) is 0 Å². The van der Waals surface area contributed by atoms with Crippen LogP contribution in [0.15, 0.2) is 30.3 Å². The molecule has 2 saturated heterocycles. The van der Waals surface area contributed by atoms with Crippen LogP contribution in [0.5, 0.6) is 0 Å². The normalized spacial score (nSPS) is 23.5. The van der Waals surface area contributed by atoms with Crippen molar-refractivity contribution in [2.75, 3.05) is 13.2 Å². The molecule has 2 aliphatic rings. The lowest BCUT2D eigenvalue weighted by atomic mass is 9.92. The van der Waals surface area contributed by atoms with Crippen LogP contribution < -0.4 is 5.32 Å². The third kappa shape index (κ3) is 3.77. The zero-order valence-electron chi connectivity index (χ0n) is 17.9. The average Bonchev–Trinajstić information content (AvgIpc) is 3.40. The maximum Gasteiger partial charge on any atom is 0.325 e. The number of aryl methyl sites for hydroxylation is 1. The predicted molar refractivity (Wildman–Crippen MR) is 116 cm³/mol. The molecule has 3 amide bonds. The van der Waals surface area contributed by atoms with Crippen molar-refractivity contribution in [3.05, 3.63) is 57.9 Å². The van der Waals surface area contributed by atoms with Crippen LogP contribution in [0.3, 0.4) is 0 Å². The zero-order valence-corrected chi connectivity index (χ0v) is 18.7. The molecule has 31 heavy (non-hydrogen) atoms. The van der Waals surface area contributed by atoms with E-state index in [4.69, 9.17) is 16.3 Å². The number of hydrogen-bond donors (Lipinski definition) is 1. The molecule has 4 rings (SSSR count). The van der Waals surface area contributed by atoms with Crippen molar-refractivity contribution in [3.8, 4) is 0 Å². The Balaban J connectivity index is 1.54. The maximum atomic E-state index is 13.2. The number of urea groups is 1. The summed E-state index contributed by atoms with van der Waals surface area (Å²) in [5.41, 5.74) is 1.47. The van der Waals surface area contributed by atoms with Crippen LogP contribution in [0.1, 0.15) is 47.1 Å². The van der Waals surface area contributed by atoms with Crippen molar-refractivity contribution in [1.29, 1.82) is 0 Å². The van der Waals surface area contributed by atoms with Gasteiger partial charge in [-0.25, -0.2) is 4.79 Å². The van der Waals surface area contributed by atoms with E-state index < -0.39 is 17.5 Å². The smallest absolute Gasteiger partial charge is 0.325 e. The van der Waals surface area contributed by atoms with Crippen LogP contribution in [-0.4, -0.2) is 46.4 Å². The molecule has 0 aliphatic carbocycles. The number of nitrogens with one attached hydrogen (secondary N) is 1. The second-order valence-corrected chi connectivity index (χ2v) is 8.79. The summed E-state index contributed by atoms with van der Waals surface area (Å²) in [5.74, 6) is -0.772. The average molecular weight is 444 g/mol. The third-order valence-corrected chi connectivity index (χ3v) is 6.60. The number of hydrogen-bond acceptors (Lipinski definition) is 4. The van der Waals surface area contributed by atoms with Crippen LogP contribution in [0, 0.1) is 13.8 Å². The van der Waals surface area contributed by atoms with Crippen molar-refractivity contribution in [3.63, 3.8) is 0 Å². The lowest BCUT2D eigenvalue weighted by Crippen LogP contribution is -2.41. The summed E-state index contributed by atoms with van der Waals surface area (Å²) < 4.78 is 7.80. The molecule has 2 aliphatic heterocycles. The van der Waals surface area contributed by atoms with E-state index in [1.165, 1.54) is 0 Å². The molecule has 2 unspecified atom stereocenters. The van der Waals surface area contributed by atoms with Crippen molar-refractivity contribution < 1.29 is 19.1 Å². The summed E-state index contributed by atoms with van der Waals surface area (Å²) in [7, 11) is 0. The monoisotopic (exact) mass is 443 g/mol.